The average molecular weight is 574 g/mol. The van der Waals surface area contributed by atoms with Gasteiger partial charge in [0.1, 0.15) is 11.5 Å². The van der Waals surface area contributed by atoms with Crippen molar-refractivity contribution < 1.29 is 4.74 Å². The molecule has 2 heteroatoms. The lowest BCUT2D eigenvalue weighted by atomic mass is 9.87. The molecule has 0 radical (unpaired) electrons. The third kappa shape index (κ3) is 4.07. The highest BCUT2D eigenvalue weighted by Crippen LogP contribution is 2.48. The first-order chi connectivity index (χ1) is 22.3. The lowest BCUT2D eigenvalue weighted by Gasteiger charge is -2.20. The molecule has 0 bridgehead atoms. The number of ether oxygens (including phenoxy) is 1. The van der Waals surface area contributed by atoms with Gasteiger partial charge in [-0.25, -0.2) is 0 Å². The van der Waals surface area contributed by atoms with Crippen molar-refractivity contribution in [3.8, 4) is 33.8 Å². The number of fused-ring (bicyclic) bond motifs is 6. The van der Waals surface area contributed by atoms with Gasteiger partial charge in [0.15, 0.2) is 0 Å². The van der Waals surface area contributed by atoms with Crippen molar-refractivity contribution in [1.29, 1.82) is 0 Å². The molecule has 0 atom stereocenters. The summed E-state index contributed by atoms with van der Waals surface area (Å²) in [6.45, 7) is 0. The molecular weight excluding hydrogens is 546 g/mol. The van der Waals surface area contributed by atoms with Crippen molar-refractivity contribution in [3.63, 3.8) is 0 Å². The third-order valence-electron chi connectivity index (χ3n) is 8.99. The Morgan fingerprint density at radius 3 is 1.80 bits per heavy atom. The predicted molar refractivity (Wildman–Crippen MR) is 189 cm³/mol. The summed E-state index contributed by atoms with van der Waals surface area (Å²) in [6, 6.07) is 53.7. The van der Waals surface area contributed by atoms with Gasteiger partial charge in [-0.3, -0.25) is 4.98 Å². The highest BCUT2D eigenvalue weighted by atomic mass is 16.5. The zero-order valence-corrected chi connectivity index (χ0v) is 24.4. The molecule has 8 aromatic carbocycles. The van der Waals surface area contributed by atoms with E-state index in [1.807, 2.05) is 12.4 Å². The summed E-state index contributed by atoms with van der Waals surface area (Å²) >= 11 is 0. The van der Waals surface area contributed by atoms with Crippen LogP contribution in [0.25, 0.3) is 76.1 Å². The Kier molecular flexibility index (Phi) is 5.85. The van der Waals surface area contributed by atoms with Gasteiger partial charge >= 0.3 is 0 Å². The third-order valence-corrected chi connectivity index (χ3v) is 8.99. The molecule has 0 N–H and O–H groups in total. The van der Waals surface area contributed by atoms with E-state index in [0.29, 0.717) is 0 Å². The van der Waals surface area contributed by atoms with Crippen molar-refractivity contribution in [2.45, 2.75) is 0 Å². The first-order valence-corrected chi connectivity index (χ1v) is 15.3. The molecule has 210 valence electrons. The van der Waals surface area contributed by atoms with Crippen molar-refractivity contribution in [2.75, 3.05) is 0 Å². The van der Waals surface area contributed by atoms with Gasteiger partial charge < -0.3 is 4.74 Å². The molecule has 0 saturated heterocycles. The number of benzene rings is 8. The molecule has 0 aliphatic rings. The van der Waals surface area contributed by atoms with E-state index in [2.05, 4.69) is 157 Å². The number of hydrogen-bond acceptors (Lipinski definition) is 2. The van der Waals surface area contributed by atoms with Crippen LogP contribution in [0.5, 0.6) is 11.5 Å². The molecule has 1 aromatic heterocycles. The lowest BCUT2D eigenvalue weighted by Crippen LogP contribution is -1.94. The van der Waals surface area contributed by atoms with Crippen LogP contribution >= 0.6 is 0 Å². The van der Waals surface area contributed by atoms with E-state index in [4.69, 9.17) is 4.74 Å². The number of pyridine rings is 1. The van der Waals surface area contributed by atoms with Crippen LogP contribution in [0.4, 0.5) is 0 Å². The highest BCUT2D eigenvalue weighted by molar-refractivity contribution is 6.23. The van der Waals surface area contributed by atoms with Crippen molar-refractivity contribution in [1.82, 2.24) is 4.98 Å². The molecule has 0 aliphatic heterocycles. The summed E-state index contributed by atoms with van der Waals surface area (Å²) in [5.41, 5.74) is 4.75. The summed E-state index contributed by atoms with van der Waals surface area (Å²) in [7, 11) is 0. The van der Waals surface area contributed by atoms with Gasteiger partial charge in [0, 0.05) is 33.9 Å². The molecule has 0 fully saturated rings. The molecule has 0 saturated carbocycles. The number of hydrogen-bond donors (Lipinski definition) is 0. The minimum absolute atomic E-state index is 0.831. The lowest BCUT2D eigenvalue weighted by molar-refractivity contribution is 0.499. The maximum atomic E-state index is 7.03. The zero-order chi connectivity index (χ0) is 29.7. The fraction of sp³-hybridized carbons (Fsp3) is 0. The Morgan fingerprint density at radius 1 is 0.400 bits per heavy atom. The van der Waals surface area contributed by atoms with Gasteiger partial charge in [0.2, 0.25) is 0 Å². The largest absolute Gasteiger partial charge is 0.455 e. The highest BCUT2D eigenvalue weighted by Gasteiger charge is 2.20. The standard InChI is InChI=1S/C43H27NO/c1-2-12-28(13-3-1)31-22-23-41(35-19-9-8-17-33(31)35)45-43-37-21-11-10-20-36(37)42(40-27-44-25-24-38(40)43)39-26-29-14-4-5-15-30(29)32-16-6-7-18-34(32)39/h1-27H. The normalized spacial score (nSPS) is 11.6. The van der Waals surface area contributed by atoms with Crippen LogP contribution in [0.2, 0.25) is 0 Å². The van der Waals surface area contributed by atoms with Gasteiger partial charge in [-0.1, -0.05) is 133 Å². The van der Waals surface area contributed by atoms with E-state index in [0.717, 1.165) is 43.8 Å². The first-order valence-electron chi connectivity index (χ1n) is 15.3. The van der Waals surface area contributed by atoms with Gasteiger partial charge in [-0.2, -0.15) is 0 Å². The summed E-state index contributed by atoms with van der Waals surface area (Å²) < 4.78 is 7.03. The summed E-state index contributed by atoms with van der Waals surface area (Å²) in [5.74, 6) is 1.67. The molecule has 0 amide bonds. The van der Waals surface area contributed by atoms with Crippen LogP contribution in [0, 0.1) is 0 Å². The smallest absolute Gasteiger partial charge is 0.143 e. The van der Waals surface area contributed by atoms with Crippen LogP contribution < -0.4 is 4.74 Å². The van der Waals surface area contributed by atoms with Crippen LogP contribution in [0.15, 0.2) is 164 Å². The average Bonchev–Trinajstić information content (AvgIpc) is 3.12. The monoisotopic (exact) mass is 573 g/mol. The van der Waals surface area contributed by atoms with Crippen molar-refractivity contribution >= 4 is 53.9 Å². The fourth-order valence-electron chi connectivity index (χ4n) is 6.98. The minimum Gasteiger partial charge on any atom is -0.455 e. The Morgan fingerprint density at radius 2 is 1.00 bits per heavy atom. The topological polar surface area (TPSA) is 22.1 Å². The minimum atomic E-state index is 0.831. The van der Waals surface area contributed by atoms with E-state index in [-0.39, 0.29) is 0 Å². The van der Waals surface area contributed by atoms with Crippen LogP contribution in [0.1, 0.15) is 0 Å². The molecular formula is C43H27NO. The summed E-state index contributed by atoms with van der Waals surface area (Å²) in [6.07, 6.45) is 3.85. The molecule has 2 nitrogen and oxygen atoms in total. The zero-order valence-electron chi connectivity index (χ0n) is 24.4. The SMILES string of the molecule is c1ccc(-c2ccc(Oc3c4ccccc4c(-c4cc5ccccc5c5ccccc45)c4cnccc34)c3ccccc23)cc1. The second-order valence-electron chi connectivity index (χ2n) is 11.5. The van der Waals surface area contributed by atoms with Crippen molar-refractivity contribution in [2.24, 2.45) is 0 Å². The molecule has 0 aliphatic carbocycles. The van der Waals surface area contributed by atoms with Crippen LogP contribution in [-0.2, 0) is 0 Å². The van der Waals surface area contributed by atoms with Crippen LogP contribution in [0.3, 0.4) is 0 Å². The van der Waals surface area contributed by atoms with Gasteiger partial charge in [0.25, 0.3) is 0 Å². The second kappa shape index (κ2) is 10.3. The maximum absolute atomic E-state index is 7.03. The second-order valence-corrected chi connectivity index (χ2v) is 11.5. The quantitative estimate of drug-likeness (QED) is 0.154. The van der Waals surface area contributed by atoms with E-state index in [9.17, 15) is 0 Å². The molecule has 0 unspecified atom stereocenters. The Labute approximate surface area is 260 Å². The summed E-state index contributed by atoms with van der Waals surface area (Å²) in [4.78, 5) is 4.64. The predicted octanol–water partition coefficient (Wildman–Crippen LogP) is 12.0. The number of aromatic nitrogens is 1. The van der Waals surface area contributed by atoms with Gasteiger partial charge in [0.05, 0.1) is 0 Å². The molecule has 0 spiro atoms. The van der Waals surface area contributed by atoms with E-state index in [1.165, 1.54) is 43.8 Å². The van der Waals surface area contributed by atoms with E-state index < -0.39 is 0 Å². The fourth-order valence-corrected chi connectivity index (χ4v) is 6.98. The Balaban J connectivity index is 1.32. The maximum Gasteiger partial charge on any atom is 0.143 e. The molecule has 9 rings (SSSR count). The molecule has 1 heterocycles. The Hall–Kier alpha value is -5.99. The number of rotatable bonds is 4. The first kappa shape index (κ1) is 25.5. The molecule has 45 heavy (non-hydrogen) atoms. The van der Waals surface area contributed by atoms with E-state index in [1.54, 1.807) is 0 Å². The molecule has 9 aromatic rings. The van der Waals surface area contributed by atoms with E-state index >= 15 is 0 Å². The van der Waals surface area contributed by atoms with Crippen LogP contribution in [-0.4, -0.2) is 4.98 Å². The summed E-state index contributed by atoms with van der Waals surface area (Å²) in [5, 5.41) is 11.5. The van der Waals surface area contributed by atoms with Gasteiger partial charge in [-0.05, 0) is 72.8 Å². The number of nitrogens with zero attached hydrogens (tertiary/aromatic N) is 1. The van der Waals surface area contributed by atoms with Gasteiger partial charge in [-0.15, -0.1) is 0 Å². The van der Waals surface area contributed by atoms with Crippen molar-refractivity contribution in [3.05, 3.63) is 164 Å². The Bertz CT molecular complexity index is 2510.